The number of carbonyl (C=O) groups excluding carboxylic acids is 1. The third-order valence-corrected chi connectivity index (χ3v) is 3.89. The van der Waals surface area contributed by atoms with Gasteiger partial charge in [-0.05, 0) is 49.7 Å². The lowest BCUT2D eigenvalue weighted by Gasteiger charge is -2.17. The molecule has 0 bridgehead atoms. The minimum atomic E-state index is -0.248. The average Bonchev–Trinajstić information content (AvgIpc) is 2.58. The Balaban J connectivity index is 1.61. The SMILES string of the molecule is Cc1ccccc1OCCN(C)CC(=O)NCCc1ccc(F)cc1. The fraction of sp³-hybridized carbons (Fsp3) is 0.350. The van der Waals surface area contributed by atoms with Gasteiger partial charge in [-0.1, -0.05) is 30.3 Å². The van der Waals surface area contributed by atoms with Gasteiger partial charge in [0.1, 0.15) is 18.2 Å². The number of para-hydroxylation sites is 1. The molecule has 5 heteroatoms. The normalized spacial score (nSPS) is 10.7. The summed E-state index contributed by atoms with van der Waals surface area (Å²) in [6.45, 7) is 4.07. The van der Waals surface area contributed by atoms with Gasteiger partial charge in [-0.2, -0.15) is 0 Å². The Bertz CT molecular complexity index is 674. The van der Waals surface area contributed by atoms with Gasteiger partial charge in [-0.15, -0.1) is 0 Å². The van der Waals surface area contributed by atoms with E-state index in [0.717, 1.165) is 16.9 Å². The fourth-order valence-electron chi connectivity index (χ4n) is 2.41. The van der Waals surface area contributed by atoms with Crippen LogP contribution in [0, 0.1) is 12.7 Å². The van der Waals surface area contributed by atoms with Gasteiger partial charge in [0.25, 0.3) is 0 Å². The number of hydrogen-bond donors (Lipinski definition) is 1. The summed E-state index contributed by atoms with van der Waals surface area (Å²) in [6, 6.07) is 14.2. The third-order valence-electron chi connectivity index (χ3n) is 3.89. The number of halogens is 1. The molecule has 1 N–H and O–H groups in total. The Hall–Kier alpha value is -2.40. The van der Waals surface area contributed by atoms with Crippen LogP contribution in [0.3, 0.4) is 0 Å². The Labute approximate surface area is 148 Å². The predicted molar refractivity (Wildman–Crippen MR) is 97.3 cm³/mol. The van der Waals surface area contributed by atoms with Crippen molar-refractivity contribution in [3.63, 3.8) is 0 Å². The van der Waals surface area contributed by atoms with Gasteiger partial charge in [0, 0.05) is 13.1 Å². The lowest BCUT2D eigenvalue weighted by molar-refractivity contribution is -0.121. The van der Waals surface area contributed by atoms with Gasteiger partial charge in [-0.3, -0.25) is 9.69 Å². The molecule has 2 aromatic carbocycles. The maximum absolute atomic E-state index is 12.8. The molecule has 0 aliphatic rings. The molecular formula is C20H25FN2O2. The Morgan fingerprint density at radius 2 is 1.88 bits per heavy atom. The van der Waals surface area contributed by atoms with E-state index in [1.807, 2.05) is 43.1 Å². The van der Waals surface area contributed by atoms with Crippen molar-refractivity contribution >= 4 is 5.91 Å². The van der Waals surface area contributed by atoms with Crippen molar-refractivity contribution in [2.45, 2.75) is 13.3 Å². The highest BCUT2D eigenvalue weighted by molar-refractivity contribution is 5.77. The maximum atomic E-state index is 12.8. The second-order valence-corrected chi connectivity index (χ2v) is 6.08. The predicted octanol–water partition coefficient (Wildman–Crippen LogP) is 2.80. The highest BCUT2D eigenvalue weighted by Gasteiger charge is 2.07. The van der Waals surface area contributed by atoms with Crippen LogP contribution in [0.25, 0.3) is 0 Å². The molecule has 0 unspecified atom stereocenters. The van der Waals surface area contributed by atoms with E-state index in [2.05, 4.69) is 5.32 Å². The van der Waals surface area contributed by atoms with E-state index in [-0.39, 0.29) is 11.7 Å². The number of carbonyl (C=O) groups is 1. The number of nitrogens with zero attached hydrogens (tertiary/aromatic N) is 1. The number of hydrogen-bond acceptors (Lipinski definition) is 3. The van der Waals surface area contributed by atoms with E-state index in [4.69, 9.17) is 4.74 Å². The molecule has 25 heavy (non-hydrogen) atoms. The summed E-state index contributed by atoms with van der Waals surface area (Å²) in [7, 11) is 1.89. The van der Waals surface area contributed by atoms with Crippen LogP contribution in [0.2, 0.25) is 0 Å². The van der Waals surface area contributed by atoms with Crippen LogP contribution in [0.1, 0.15) is 11.1 Å². The quantitative estimate of drug-likeness (QED) is 0.761. The first-order valence-electron chi connectivity index (χ1n) is 8.42. The van der Waals surface area contributed by atoms with Crippen LogP contribution in [-0.2, 0) is 11.2 Å². The molecule has 0 atom stereocenters. The molecule has 0 fully saturated rings. The summed E-state index contributed by atoms with van der Waals surface area (Å²) >= 11 is 0. The molecule has 134 valence electrons. The van der Waals surface area contributed by atoms with E-state index < -0.39 is 0 Å². The molecule has 0 spiro atoms. The zero-order valence-electron chi connectivity index (χ0n) is 14.8. The molecule has 0 saturated carbocycles. The van der Waals surface area contributed by atoms with Crippen LogP contribution in [0.4, 0.5) is 4.39 Å². The van der Waals surface area contributed by atoms with Crippen molar-refractivity contribution in [1.82, 2.24) is 10.2 Å². The highest BCUT2D eigenvalue weighted by Crippen LogP contribution is 2.15. The number of nitrogens with one attached hydrogen (secondary N) is 1. The van der Waals surface area contributed by atoms with Gasteiger partial charge >= 0.3 is 0 Å². The van der Waals surface area contributed by atoms with Crippen molar-refractivity contribution in [2.75, 3.05) is 33.3 Å². The summed E-state index contributed by atoms with van der Waals surface area (Å²) < 4.78 is 18.6. The van der Waals surface area contributed by atoms with Crippen molar-refractivity contribution in [3.8, 4) is 5.75 Å². The Morgan fingerprint density at radius 1 is 1.16 bits per heavy atom. The molecule has 0 aromatic heterocycles. The smallest absolute Gasteiger partial charge is 0.234 e. The van der Waals surface area contributed by atoms with Gasteiger partial charge in [0.05, 0.1) is 6.54 Å². The maximum Gasteiger partial charge on any atom is 0.234 e. The molecule has 0 saturated heterocycles. The lowest BCUT2D eigenvalue weighted by atomic mass is 10.1. The second kappa shape index (κ2) is 9.79. The van der Waals surface area contributed by atoms with Crippen molar-refractivity contribution < 1.29 is 13.9 Å². The van der Waals surface area contributed by atoms with E-state index in [1.54, 1.807) is 12.1 Å². The molecule has 4 nitrogen and oxygen atoms in total. The van der Waals surface area contributed by atoms with Crippen LogP contribution in [0.15, 0.2) is 48.5 Å². The van der Waals surface area contributed by atoms with Crippen molar-refractivity contribution in [2.24, 2.45) is 0 Å². The zero-order valence-corrected chi connectivity index (χ0v) is 14.8. The van der Waals surface area contributed by atoms with Gasteiger partial charge < -0.3 is 10.1 Å². The van der Waals surface area contributed by atoms with Crippen molar-refractivity contribution in [3.05, 3.63) is 65.5 Å². The Kier molecular flexibility index (Phi) is 7.41. The van der Waals surface area contributed by atoms with Crippen LogP contribution >= 0.6 is 0 Å². The topological polar surface area (TPSA) is 41.6 Å². The molecule has 0 heterocycles. The standard InChI is InChI=1S/C20H25FN2O2/c1-16-5-3-4-6-19(16)25-14-13-23(2)15-20(24)22-12-11-17-7-9-18(21)10-8-17/h3-10H,11-15H2,1-2H3,(H,22,24). The molecule has 2 rings (SSSR count). The molecule has 1 amide bonds. The Morgan fingerprint density at radius 3 is 2.60 bits per heavy atom. The van der Waals surface area contributed by atoms with E-state index in [0.29, 0.717) is 32.7 Å². The van der Waals surface area contributed by atoms with E-state index in [1.165, 1.54) is 12.1 Å². The molecule has 0 aliphatic heterocycles. The summed E-state index contributed by atoms with van der Waals surface area (Å²) in [4.78, 5) is 13.9. The van der Waals surface area contributed by atoms with Crippen LogP contribution in [0.5, 0.6) is 5.75 Å². The van der Waals surface area contributed by atoms with Gasteiger partial charge in [0.2, 0.25) is 5.91 Å². The minimum Gasteiger partial charge on any atom is -0.492 e. The van der Waals surface area contributed by atoms with Crippen LogP contribution < -0.4 is 10.1 Å². The second-order valence-electron chi connectivity index (χ2n) is 6.08. The zero-order chi connectivity index (χ0) is 18.1. The number of ether oxygens (including phenoxy) is 1. The first-order valence-corrected chi connectivity index (χ1v) is 8.42. The largest absolute Gasteiger partial charge is 0.492 e. The number of benzene rings is 2. The molecule has 0 radical (unpaired) electrons. The molecule has 0 aliphatic carbocycles. The van der Waals surface area contributed by atoms with Crippen LogP contribution in [-0.4, -0.2) is 44.1 Å². The summed E-state index contributed by atoms with van der Waals surface area (Å²) in [5.74, 6) is 0.600. The minimum absolute atomic E-state index is 0.0273. The van der Waals surface area contributed by atoms with Crippen molar-refractivity contribution in [1.29, 1.82) is 0 Å². The monoisotopic (exact) mass is 344 g/mol. The average molecular weight is 344 g/mol. The number of amides is 1. The fourth-order valence-corrected chi connectivity index (χ4v) is 2.41. The summed E-state index contributed by atoms with van der Waals surface area (Å²) in [5.41, 5.74) is 2.10. The van der Waals surface area contributed by atoms with E-state index in [9.17, 15) is 9.18 Å². The van der Waals surface area contributed by atoms with Gasteiger partial charge in [-0.25, -0.2) is 4.39 Å². The molecule has 2 aromatic rings. The van der Waals surface area contributed by atoms with E-state index >= 15 is 0 Å². The third kappa shape index (κ3) is 6.93. The first kappa shape index (κ1) is 18.9. The lowest BCUT2D eigenvalue weighted by Crippen LogP contribution is -2.37. The number of aryl methyl sites for hydroxylation is 1. The number of rotatable bonds is 9. The molecular weight excluding hydrogens is 319 g/mol. The van der Waals surface area contributed by atoms with Gasteiger partial charge in [0.15, 0.2) is 0 Å². The summed E-state index contributed by atoms with van der Waals surface area (Å²) in [6.07, 6.45) is 0.687. The highest BCUT2D eigenvalue weighted by atomic mass is 19.1. The number of likely N-dealkylation sites (N-methyl/N-ethyl adjacent to an activating group) is 1. The first-order chi connectivity index (χ1) is 12.0. The summed E-state index contributed by atoms with van der Waals surface area (Å²) in [5, 5.41) is 2.88.